The van der Waals surface area contributed by atoms with Gasteiger partial charge in [0.15, 0.2) is 0 Å². The number of carbonyl (C=O) groups is 13. The van der Waals surface area contributed by atoms with Gasteiger partial charge in [0, 0.05) is 25.9 Å². The highest BCUT2D eigenvalue weighted by Gasteiger charge is 2.44. The zero-order valence-corrected chi connectivity index (χ0v) is 47.4. The monoisotopic (exact) mass is 1140 g/mol. The number of nitrogens with one attached hydrogen (secondary N) is 7. The highest BCUT2D eigenvalue weighted by atomic mass is 16.4. The van der Waals surface area contributed by atoms with Crippen molar-refractivity contribution in [3.63, 3.8) is 0 Å². The zero-order chi connectivity index (χ0) is 60.7. The van der Waals surface area contributed by atoms with Crippen molar-refractivity contribution < 1.29 is 77.6 Å². The fraction of sp³-hybridized carbons (Fsp3) is 0.750. The second-order valence-electron chi connectivity index (χ2n) is 21.8. The number of amides is 10. The molecule has 28 nitrogen and oxygen atoms in total. The number of carboxylic acids is 3. The lowest BCUT2D eigenvalue weighted by molar-refractivity contribution is -0.147. The molecule has 28 heteroatoms. The maximum absolute atomic E-state index is 14.5. The summed E-state index contributed by atoms with van der Waals surface area (Å²) in [5.41, 5.74) is 17.1. The lowest BCUT2D eigenvalue weighted by Crippen LogP contribution is -2.61. The van der Waals surface area contributed by atoms with Crippen molar-refractivity contribution in [2.45, 2.75) is 206 Å². The fourth-order valence-electron chi connectivity index (χ4n) is 9.31. The van der Waals surface area contributed by atoms with Crippen LogP contribution in [0.25, 0.3) is 0 Å². The molecule has 0 unspecified atom stereocenters. The van der Waals surface area contributed by atoms with Crippen LogP contribution in [0.3, 0.4) is 0 Å². The average Bonchev–Trinajstić information content (AvgIpc) is 4.10. The Morgan fingerprint density at radius 3 is 1.51 bits per heavy atom. The summed E-state index contributed by atoms with van der Waals surface area (Å²) in [6.45, 7) is 14.3. The number of hydrogen-bond donors (Lipinski definition) is 13. The average molecular weight is 1140 g/mol. The van der Waals surface area contributed by atoms with Crippen LogP contribution in [-0.2, 0) is 62.3 Å². The molecule has 11 atom stereocenters. The van der Waals surface area contributed by atoms with Crippen LogP contribution in [0.2, 0.25) is 0 Å². The van der Waals surface area contributed by atoms with Gasteiger partial charge in [-0.3, -0.25) is 57.5 Å². The standard InChI is InChI=1S/C52H88N12O16/c1-9-29(8)40(55)48(75)58-32(18-20-38(66)67)50(77)63-22-12-16-36(63)47(74)62-42(28(6)7)51(78)64-23-13-15-35(64)46(73)59-33(24-26(2)3)45(72)61-41(27(4)5)49(76)57-30(14-10-11-21-53)43(70)56-31(17-19-37(54)65)44(71)60-34(52(79)80)25-39(68)69/h26-36,40-42H,9-25,53,55H2,1-8H3,(H2,54,65)(H,56,70)(H,57,76)(H,58,75)(H,59,73)(H,60,71)(H,61,72)(H,62,74)(H,66,67)(H,68,69)(H,79,80)/t29-,30-,31-,32-,33-,34-,35-,36-,40-,41-,42-/m0/s1. The third kappa shape index (κ3) is 21.9. The van der Waals surface area contributed by atoms with Crippen molar-refractivity contribution in [1.82, 2.24) is 47.0 Å². The van der Waals surface area contributed by atoms with Crippen molar-refractivity contribution in [1.29, 1.82) is 0 Å². The quantitative estimate of drug-likeness (QED) is 0.0303. The maximum Gasteiger partial charge on any atom is 0.326 e. The van der Waals surface area contributed by atoms with Gasteiger partial charge in [0.2, 0.25) is 59.1 Å². The van der Waals surface area contributed by atoms with Crippen LogP contribution in [0, 0.1) is 23.7 Å². The van der Waals surface area contributed by atoms with E-state index in [1.807, 2.05) is 12.2 Å². The van der Waals surface area contributed by atoms with Crippen LogP contribution in [0.15, 0.2) is 0 Å². The number of nitrogens with zero attached hydrogens (tertiary/aromatic N) is 2. The number of aliphatic carboxylic acids is 3. The van der Waals surface area contributed by atoms with Crippen LogP contribution in [0.5, 0.6) is 0 Å². The van der Waals surface area contributed by atoms with Gasteiger partial charge in [-0.05, 0) is 94.4 Å². The van der Waals surface area contributed by atoms with Crippen LogP contribution in [0.1, 0.15) is 145 Å². The molecule has 2 aliphatic rings. The van der Waals surface area contributed by atoms with E-state index in [1.54, 1.807) is 48.5 Å². The molecule has 80 heavy (non-hydrogen) atoms. The number of rotatable bonds is 35. The third-order valence-electron chi connectivity index (χ3n) is 14.2. The molecule has 0 aromatic rings. The molecule has 0 spiro atoms. The fourth-order valence-corrected chi connectivity index (χ4v) is 9.31. The highest BCUT2D eigenvalue weighted by molar-refractivity contribution is 5.99. The summed E-state index contributed by atoms with van der Waals surface area (Å²) >= 11 is 0. The first-order valence-corrected chi connectivity index (χ1v) is 27.6. The summed E-state index contributed by atoms with van der Waals surface area (Å²) in [7, 11) is 0. The summed E-state index contributed by atoms with van der Waals surface area (Å²) in [5, 5.41) is 45.9. The second-order valence-corrected chi connectivity index (χ2v) is 21.8. The smallest absolute Gasteiger partial charge is 0.326 e. The normalized spacial score (nSPS) is 18.6. The molecule has 10 amide bonds. The topological polar surface area (TPSA) is 451 Å². The molecule has 2 saturated heterocycles. The number of hydrogen-bond acceptors (Lipinski definition) is 15. The second kappa shape index (κ2) is 33.6. The molecule has 0 saturated carbocycles. The van der Waals surface area contributed by atoms with E-state index in [0.717, 1.165) is 0 Å². The molecule has 0 aliphatic carbocycles. The Balaban J connectivity index is 2.34. The van der Waals surface area contributed by atoms with Gasteiger partial charge in [-0.15, -0.1) is 0 Å². The molecular formula is C52H88N12O16. The van der Waals surface area contributed by atoms with E-state index in [0.29, 0.717) is 25.7 Å². The van der Waals surface area contributed by atoms with Crippen molar-refractivity contribution in [3.05, 3.63) is 0 Å². The van der Waals surface area contributed by atoms with Crippen molar-refractivity contribution >= 4 is 77.0 Å². The third-order valence-corrected chi connectivity index (χ3v) is 14.2. The molecule has 0 bridgehead atoms. The Morgan fingerprint density at radius 1 is 0.537 bits per heavy atom. The predicted octanol–water partition coefficient (Wildman–Crippen LogP) is -2.09. The van der Waals surface area contributed by atoms with Gasteiger partial charge in [0.1, 0.15) is 54.4 Å². The molecule has 0 aromatic heterocycles. The number of nitrogens with two attached hydrogens (primary N) is 3. The molecule has 0 radical (unpaired) electrons. The maximum atomic E-state index is 14.5. The van der Waals surface area contributed by atoms with Crippen LogP contribution >= 0.6 is 0 Å². The van der Waals surface area contributed by atoms with Crippen molar-refractivity contribution in [2.24, 2.45) is 40.9 Å². The molecular weight excluding hydrogens is 1050 g/mol. The number of primary amides is 1. The minimum absolute atomic E-state index is 0.0384. The van der Waals surface area contributed by atoms with Crippen LogP contribution < -0.4 is 54.4 Å². The first kappa shape index (κ1) is 69.1. The van der Waals surface area contributed by atoms with Gasteiger partial charge in [-0.2, -0.15) is 0 Å². The summed E-state index contributed by atoms with van der Waals surface area (Å²) in [6.07, 6.45) is -0.125. The first-order chi connectivity index (χ1) is 37.4. The van der Waals surface area contributed by atoms with Gasteiger partial charge >= 0.3 is 17.9 Å². The van der Waals surface area contributed by atoms with Crippen molar-refractivity contribution in [3.8, 4) is 0 Å². The summed E-state index contributed by atoms with van der Waals surface area (Å²) in [5.74, 6) is -13.9. The zero-order valence-electron chi connectivity index (χ0n) is 47.4. The summed E-state index contributed by atoms with van der Waals surface area (Å²) in [4.78, 5) is 174. The van der Waals surface area contributed by atoms with E-state index in [9.17, 15) is 72.5 Å². The van der Waals surface area contributed by atoms with E-state index < -0.39 is 175 Å². The number of likely N-dealkylation sites (tertiary alicyclic amines) is 2. The Hall–Kier alpha value is -6.97. The molecule has 2 fully saturated rings. The number of carbonyl (C=O) groups excluding carboxylic acids is 10. The van der Waals surface area contributed by atoms with Crippen LogP contribution in [-0.4, -0.2) is 182 Å². The van der Waals surface area contributed by atoms with Gasteiger partial charge in [-0.25, -0.2) is 4.79 Å². The minimum Gasteiger partial charge on any atom is -0.481 e. The largest absolute Gasteiger partial charge is 0.481 e. The van der Waals surface area contributed by atoms with E-state index in [4.69, 9.17) is 22.3 Å². The number of carboxylic acid groups (broad SMARTS) is 3. The Kier molecular flexibility index (Phi) is 29.0. The lowest BCUT2D eigenvalue weighted by atomic mass is 9.98. The molecule has 0 aromatic carbocycles. The summed E-state index contributed by atoms with van der Waals surface area (Å²) < 4.78 is 0. The SMILES string of the molecule is CC[C@H](C)[C@H](N)C(=O)N[C@@H](CCC(=O)O)C(=O)N1CCC[C@H]1C(=O)N[C@H](C(=O)N1CCC[C@H]1C(=O)N[C@@H](CC(C)C)C(=O)N[C@H](C(=O)N[C@@H](CCCCN)C(=O)N[C@@H](CCC(N)=O)C(=O)N[C@@H](CC(=O)O)C(=O)O)C(C)C)C(C)C. The van der Waals surface area contributed by atoms with E-state index in [2.05, 4.69) is 31.9 Å². The van der Waals surface area contributed by atoms with E-state index >= 15 is 0 Å². The van der Waals surface area contributed by atoms with Gasteiger partial charge in [0.05, 0.1) is 12.5 Å². The molecule has 452 valence electrons. The highest BCUT2D eigenvalue weighted by Crippen LogP contribution is 2.24. The van der Waals surface area contributed by atoms with Crippen molar-refractivity contribution in [2.75, 3.05) is 19.6 Å². The van der Waals surface area contributed by atoms with Gasteiger partial charge < -0.3 is 79.5 Å². The molecule has 2 heterocycles. The minimum atomic E-state index is -1.90. The Labute approximate surface area is 466 Å². The Morgan fingerprint density at radius 2 is 1.02 bits per heavy atom. The first-order valence-electron chi connectivity index (χ1n) is 27.6. The molecule has 2 rings (SSSR count). The number of unbranched alkanes of at least 4 members (excludes halogenated alkanes) is 1. The van der Waals surface area contributed by atoms with E-state index in [-0.39, 0.29) is 70.0 Å². The Bertz CT molecular complexity index is 2210. The molecule has 16 N–H and O–H groups in total. The molecule has 2 aliphatic heterocycles. The van der Waals surface area contributed by atoms with Crippen LogP contribution in [0.4, 0.5) is 0 Å². The lowest BCUT2D eigenvalue weighted by Gasteiger charge is -2.34. The summed E-state index contributed by atoms with van der Waals surface area (Å²) in [6, 6.07) is -13.1. The van der Waals surface area contributed by atoms with Gasteiger partial charge in [0.25, 0.3) is 0 Å². The van der Waals surface area contributed by atoms with Gasteiger partial charge in [-0.1, -0.05) is 61.8 Å². The van der Waals surface area contributed by atoms with E-state index in [1.165, 1.54) is 9.80 Å². The predicted molar refractivity (Wildman–Crippen MR) is 288 cm³/mol.